The van der Waals surface area contributed by atoms with Crippen LogP contribution >= 0.6 is 23.5 Å². The number of esters is 1. The monoisotopic (exact) mass is 204 g/mol. The minimum absolute atomic E-state index is 0.0179. The van der Waals surface area contributed by atoms with Crippen LogP contribution in [0.1, 0.15) is 19.8 Å². The van der Waals surface area contributed by atoms with Crippen LogP contribution in [0.2, 0.25) is 0 Å². The van der Waals surface area contributed by atoms with E-state index in [0.29, 0.717) is 6.42 Å². The molecule has 0 saturated carbocycles. The van der Waals surface area contributed by atoms with E-state index in [4.69, 9.17) is 4.74 Å². The molecule has 1 spiro atoms. The SMILES string of the molecule is C[C@H]1CC2(CC(=O)O1)SCCS2. The smallest absolute Gasteiger partial charge is 0.308 e. The Morgan fingerprint density at radius 2 is 2.17 bits per heavy atom. The van der Waals surface area contributed by atoms with E-state index in [1.807, 2.05) is 30.4 Å². The zero-order valence-electron chi connectivity index (χ0n) is 7.04. The van der Waals surface area contributed by atoms with Crippen molar-refractivity contribution >= 4 is 29.5 Å². The fourth-order valence-electron chi connectivity index (χ4n) is 1.75. The molecule has 1 atom stereocenters. The number of carbonyl (C=O) groups is 1. The predicted molar refractivity (Wildman–Crippen MR) is 52.4 cm³/mol. The van der Waals surface area contributed by atoms with Gasteiger partial charge in [0.15, 0.2) is 0 Å². The third kappa shape index (κ3) is 1.59. The van der Waals surface area contributed by atoms with Crippen LogP contribution in [0.5, 0.6) is 0 Å². The first-order chi connectivity index (χ1) is 5.70. The van der Waals surface area contributed by atoms with Crippen LogP contribution in [0.3, 0.4) is 0 Å². The standard InChI is InChI=1S/C8H12O2S2/c1-6-4-8(5-7(9)10-6)11-2-3-12-8/h6H,2-5H2,1H3/t6-/m0/s1. The molecule has 2 rings (SSSR count). The Balaban J connectivity index is 2.09. The van der Waals surface area contributed by atoms with E-state index in [0.717, 1.165) is 6.42 Å². The van der Waals surface area contributed by atoms with Crippen molar-refractivity contribution in [2.75, 3.05) is 11.5 Å². The molecule has 2 aliphatic heterocycles. The van der Waals surface area contributed by atoms with Gasteiger partial charge in [-0.2, -0.15) is 0 Å². The second kappa shape index (κ2) is 3.14. The Bertz CT molecular complexity index is 199. The van der Waals surface area contributed by atoms with E-state index in [1.165, 1.54) is 11.5 Å². The van der Waals surface area contributed by atoms with Crippen molar-refractivity contribution in [1.82, 2.24) is 0 Å². The number of hydrogen-bond donors (Lipinski definition) is 0. The maximum absolute atomic E-state index is 11.2. The van der Waals surface area contributed by atoms with Crippen molar-refractivity contribution in [3.8, 4) is 0 Å². The van der Waals surface area contributed by atoms with Crippen LogP contribution in [0.15, 0.2) is 0 Å². The third-order valence-electron chi connectivity index (χ3n) is 2.16. The molecule has 2 saturated heterocycles. The van der Waals surface area contributed by atoms with Crippen molar-refractivity contribution in [2.24, 2.45) is 0 Å². The summed E-state index contributed by atoms with van der Waals surface area (Å²) in [6.45, 7) is 1.98. The minimum atomic E-state index is -0.0179. The summed E-state index contributed by atoms with van der Waals surface area (Å²) < 4.78 is 5.28. The van der Waals surface area contributed by atoms with Crippen molar-refractivity contribution in [1.29, 1.82) is 0 Å². The third-order valence-corrected chi connectivity index (χ3v) is 5.61. The van der Waals surface area contributed by atoms with Crippen LogP contribution in [0.4, 0.5) is 0 Å². The Morgan fingerprint density at radius 3 is 2.75 bits per heavy atom. The number of rotatable bonds is 0. The van der Waals surface area contributed by atoms with Crippen LogP contribution in [0.25, 0.3) is 0 Å². The van der Waals surface area contributed by atoms with Gasteiger partial charge in [0, 0.05) is 17.9 Å². The predicted octanol–water partition coefficient (Wildman–Crippen LogP) is 1.89. The van der Waals surface area contributed by atoms with Crippen molar-refractivity contribution in [3.05, 3.63) is 0 Å². The van der Waals surface area contributed by atoms with Gasteiger partial charge in [-0.15, -0.1) is 23.5 Å². The maximum Gasteiger partial charge on any atom is 0.308 e. The molecule has 12 heavy (non-hydrogen) atoms. The molecule has 2 aliphatic rings. The molecule has 0 aromatic rings. The molecular weight excluding hydrogens is 192 g/mol. The summed E-state index contributed by atoms with van der Waals surface area (Å²) in [4.78, 5) is 11.2. The van der Waals surface area contributed by atoms with Gasteiger partial charge >= 0.3 is 5.97 Å². The summed E-state index contributed by atoms with van der Waals surface area (Å²) in [5, 5.41) is 0. The number of cyclic esters (lactones) is 1. The van der Waals surface area contributed by atoms with Gasteiger partial charge in [0.2, 0.25) is 0 Å². The van der Waals surface area contributed by atoms with Crippen molar-refractivity contribution in [2.45, 2.75) is 29.9 Å². The lowest BCUT2D eigenvalue weighted by molar-refractivity contribution is -0.152. The highest BCUT2D eigenvalue weighted by atomic mass is 32.2. The van der Waals surface area contributed by atoms with Crippen LogP contribution in [-0.4, -0.2) is 27.7 Å². The van der Waals surface area contributed by atoms with Gasteiger partial charge < -0.3 is 4.74 Å². The average Bonchev–Trinajstić information content (AvgIpc) is 2.33. The summed E-state index contributed by atoms with van der Waals surface area (Å²) in [5.41, 5.74) is 0. The molecule has 68 valence electrons. The molecular formula is C8H12O2S2. The molecule has 0 radical (unpaired) electrons. The van der Waals surface area contributed by atoms with E-state index < -0.39 is 0 Å². The summed E-state index contributed by atoms with van der Waals surface area (Å²) in [6, 6.07) is 0. The fourth-order valence-corrected chi connectivity index (χ4v) is 5.14. The van der Waals surface area contributed by atoms with Crippen LogP contribution in [-0.2, 0) is 9.53 Å². The highest BCUT2D eigenvalue weighted by molar-refractivity contribution is 8.21. The minimum Gasteiger partial charge on any atom is -0.463 e. The van der Waals surface area contributed by atoms with E-state index in [1.54, 1.807) is 0 Å². The lowest BCUT2D eigenvalue weighted by Crippen LogP contribution is -2.36. The number of ether oxygens (including phenoxy) is 1. The van der Waals surface area contributed by atoms with Gasteiger partial charge in [-0.1, -0.05) is 0 Å². The van der Waals surface area contributed by atoms with Crippen molar-refractivity contribution in [3.63, 3.8) is 0 Å². The zero-order valence-corrected chi connectivity index (χ0v) is 8.67. The molecule has 0 unspecified atom stereocenters. The summed E-state index contributed by atoms with van der Waals surface area (Å²) in [5.74, 6) is 2.35. The molecule has 2 heterocycles. The zero-order chi connectivity index (χ0) is 8.60. The van der Waals surface area contributed by atoms with Gasteiger partial charge in [0.1, 0.15) is 6.10 Å². The first kappa shape index (κ1) is 8.75. The molecule has 0 aliphatic carbocycles. The van der Waals surface area contributed by atoms with E-state index in [2.05, 4.69) is 0 Å². The summed E-state index contributed by atoms with van der Waals surface area (Å²) in [7, 11) is 0. The highest BCUT2D eigenvalue weighted by Crippen LogP contribution is 2.51. The molecule has 2 nitrogen and oxygen atoms in total. The van der Waals surface area contributed by atoms with E-state index >= 15 is 0 Å². The molecule has 0 N–H and O–H groups in total. The Labute approximate surface area is 80.8 Å². The largest absolute Gasteiger partial charge is 0.463 e. The lowest BCUT2D eigenvalue weighted by Gasteiger charge is -2.33. The average molecular weight is 204 g/mol. The normalized spacial score (nSPS) is 33.8. The van der Waals surface area contributed by atoms with E-state index in [9.17, 15) is 4.79 Å². The number of thioether (sulfide) groups is 2. The van der Waals surface area contributed by atoms with Gasteiger partial charge in [-0.25, -0.2) is 0 Å². The van der Waals surface area contributed by atoms with Gasteiger partial charge in [0.05, 0.1) is 10.5 Å². The molecule has 2 fully saturated rings. The Hall–Kier alpha value is 0.170. The topological polar surface area (TPSA) is 26.3 Å². The first-order valence-electron chi connectivity index (χ1n) is 4.18. The van der Waals surface area contributed by atoms with Crippen LogP contribution in [0, 0.1) is 0 Å². The second-order valence-electron chi connectivity index (χ2n) is 3.29. The van der Waals surface area contributed by atoms with E-state index in [-0.39, 0.29) is 16.2 Å². The van der Waals surface area contributed by atoms with Crippen molar-refractivity contribution < 1.29 is 9.53 Å². The van der Waals surface area contributed by atoms with Crippen LogP contribution < -0.4 is 0 Å². The maximum atomic E-state index is 11.2. The Morgan fingerprint density at radius 1 is 1.50 bits per heavy atom. The van der Waals surface area contributed by atoms with Gasteiger partial charge in [0.25, 0.3) is 0 Å². The molecule has 0 aromatic carbocycles. The highest BCUT2D eigenvalue weighted by Gasteiger charge is 2.43. The first-order valence-corrected chi connectivity index (χ1v) is 6.15. The quantitative estimate of drug-likeness (QED) is 0.563. The molecule has 0 aromatic heterocycles. The molecule has 0 bridgehead atoms. The molecule has 0 amide bonds. The lowest BCUT2D eigenvalue weighted by atomic mass is 10.1. The summed E-state index contributed by atoms with van der Waals surface area (Å²) >= 11 is 3.87. The fraction of sp³-hybridized carbons (Fsp3) is 0.875. The van der Waals surface area contributed by atoms with Gasteiger partial charge in [-0.3, -0.25) is 4.79 Å². The number of carbonyl (C=O) groups excluding carboxylic acids is 1. The number of hydrogen-bond acceptors (Lipinski definition) is 4. The summed E-state index contributed by atoms with van der Waals surface area (Å²) in [6.07, 6.45) is 1.74. The second-order valence-corrected chi connectivity index (χ2v) is 6.50. The Kier molecular flexibility index (Phi) is 2.29. The molecule has 4 heteroatoms. The van der Waals surface area contributed by atoms with Gasteiger partial charge in [-0.05, 0) is 6.92 Å².